The van der Waals surface area contributed by atoms with Crippen LogP contribution < -0.4 is 10.6 Å². The highest BCUT2D eigenvalue weighted by molar-refractivity contribution is 7.17. The van der Waals surface area contributed by atoms with Crippen molar-refractivity contribution in [3.63, 3.8) is 0 Å². The van der Waals surface area contributed by atoms with Gasteiger partial charge < -0.3 is 10.6 Å². The van der Waals surface area contributed by atoms with Gasteiger partial charge in [0, 0.05) is 30.1 Å². The van der Waals surface area contributed by atoms with Crippen LogP contribution in [0.25, 0.3) is 21.1 Å². The second kappa shape index (κ2) is 7.68. The molecular weight excluding hydrogens is 406 g/mol. The molecule has 150 valence electrons. The van der Waals surface area contributed by atoms with E-state index >= 15 is 0 Å². The van der Waals surface area contributed by atoms with E-state index in [1.165, 1.54) is 6.08 Å². The zero-order valence-corrected chi connectivity index (χ0v) is 16.4. The van der Waals surface area contributed by atoms with Gasteiger partial charge in [0.15, 0.2) is 5.82 Å². The summed E-state index contributed by atoms with van der Waals surface area (Å²) < 4.78 is 28.0. The number of thiophene rings is 1. The Hall–Kier alpha value is -3.59. The predicted molar refractivity (Wildman–Crippen MR) is 116 cm³/mol. The number of nitrogens with zero attached hydrogens (tertiary/aromatic N) is 3. The molecule has 0 aliphatic heterocycles. The van der Waals surface area contributed by atoms with Crippen molar-refractivity contribution < 1.29 is 8.78 Å². The summed E-state index contributed by atoms with van der Waals surface area (Å²) in [4.78, 5) is 9.13. The Bertz CT molecular complexity index is 1330. The van der Waals surface area contributed by atoms with Gasteiger partial charge in [-0.1, -0.05) is 6.08 Å². The second-order valence-electron chi connectivity index (χ2n) is 6.78. The molecule has 1 aliphatic rings. The molecule has 0 radical (unpaired) electrons. The molecule has 0 saturated heterocycles. The minimum Gasteiger partial charge on any atom is -0.350 e. The normalized spacial score (nSPS) is 14.3. The highest BCUT2D eigenvalue weighted by Gasteiger charge is 2.11. The van der Waals surface area contributed by atoms with Gasteiger partial charge in [-0.05, 0) is 41.3 Å². The summed E-state index contributed by atoms with van der Waals surface area (Å²) in [5.41, 5.74) is 3.26. The summed E-state index contributed by atoms with van der Waals surface area (Å²) in [6, 6.07) is 7.80. The number of aromatic nitrogens is 4. The first-order valence-corrected chi connectivity index (χ1v) is 10.1. The molecule has 1 aromatic carbocycles. The molecule has 0 bridgehead atoms. The SMILES string of the molecule is FC1=CC(CNc2nc(Nc3ccc4[nH]ncc4c3)c3sccc3n2)=CCC(F)=C1. The van der Waals surface area contributed by atoms with Gasteiger partial charge in [0.2, 0.25) is 5.95 Å². The van der Waals surface area contributed by atoms with Crippen LogP contribution in [0.4, 0.5) is 26.2 Å². The maximum absolute atomic E-state index is 13.7. The van der Waals surface area contributed by atoms with Crippen molar-refractivity contribution in [2.75, 3.05) is 17.2 Å². The van der Waals surface area contributed by atoms with Gasteiger partial charge in [-0.3, -0.25) is 5.10 Å². The lowest BCUT2D eigenvalue weighted by atomic mass is 10.2. The summed E-state index contributed by atoms with van der Waals surface area (Å²) in [5, 5.41) is 16.4. The van der Waals surface area contributed by atoms with Crippen LogP contribution >= 0.6 is 11.3 Å². The molecule has 4 aromatic rings. The van der Waals surface area contributed by atoms with Crippen LogP contribution in [0.15, 0.2) is 71.3 Å². The third-order valence-corrected chi connectivity index (χ3v) is 5.54. The number of benzene rings is 1. The van der Waals surface area contributed by atoms with Crippen molar-refractivity contribution in [2.45, 2.75) is 6.42 Å². The number of aromatic amines is 1. The van der Waals surface area contributed by atoms with E-state index in [-0.39, 0.29) is 13.0 Å². The number of allylic oxidation sites excluding steroid dienone is 4. The molecule has 0 fully saturated rings. The lowest BCUT2D eigenvalue weighted by Crippen LogP contribution is -2.08. The van der Waals surface area contributed by atoms with Gasteiger partial charge in [0.05, 0.1) is 21.9 Å². The Labute approximate surface area is 174 Å². The third kappa shape index (κ3) is 3.79. The van der Waals surface area contributed by atoms with E-state index in [0.717, 1.165) is 32.9 Å². The maximum Gasteiger partial charge on any atom is 0.225 e. The van der Waals surface area contributed by atoms with Crippen LogP contribution in [0, 0.1) is 0 Å². The van der Waals surface area contributed by atoms with E-state index in [1.54, 1.807) is 23.6 Å². The fourth-order valence-electron chi connectivity index (χ4n) is 3.20. The zero-order valence-electron chi connectivity index (χ0n) is 15.6. The molecule has 3 N–H and O–H groups in total. The molecule has 3 heterocycles. The summed E-state index contributed by atoms with van der Waals surface area (Å²) in [7, 11) is 0. The molecule has 0 unspecified atom stereocenters. The van der Waals surface area contributed by atoms with E-state index in [0.29, 0.717) is 17.3 Å². The molecule has 1 aliphatic carbocycles. The minimum absolute atomic E-state index is 0.0641. The molecule has 0 saturated carbocycles. The Morgan fingerprint density at radius 3 is 3.00 bits per heavy atom. The predicted octanol–water partition coefficient (Wildman–Crippen LogP) is 5.76. The highest BCUT2D eigenvalue weighted by atomic mass is 32.1. The molecule has 6 nitrogen and oxygen atoms in total. The van der Waals surface area contributed by atoms with E-state index in [9.17, 15) is 8.78 Å². The molecular formula is C21H16F2N6S. The number of anilines is 3. The van der Waals surface area contributed by atoms with E-state index in [1.807, 2.05) is 29.6 Å². The van der Waals surface area contributed by atoms with Crippen molar-refractivity contribution >= 4 is 49.9 Å². The smallest absolute Gasteiger partial charge is 0.225 e. The van der Waals surface area contributed by atoms with Gasteiger partial charge in [0.1, 0.15) is 11.7 Å². The average molecular weight is 422 g/mol. The first-order chi connectivity index (χ1) is 14.6. The summed E-state index contributed by atoms with van der Waals surface area (Å²) in [5.74, 6) is -0.0372. The Morgan fingerprint density at radius 2 is 2.07 bits per heavy atom. The molecule has 0 atom stereocenters. The fourth-order valence-corrected chi connectivity index (χ4v) is 3.98. The Balaban J connectivity index is 1.41. The molecule has 5 rings (SSSR count). The monoisotopic (exact) mass is 422 g/mol. The lowest BCUT2D eigenvalue weighted by Gasteiger charge is -2.10. The van der Waals surface area contributed by atoms with Crippen LogP contribution in [0.5, 0.6) is 0 Å². The standard InChI is InChI=1S/C21H16F2N6S/c22-14-2-1-12(7-15(23)9-14)10-24-21-27-18-5-6-30-19(18)20(28-21)26-16-3-4-17-13(8-16)11-25-29-17/h1,3-9,11H,2,10H2,(H,25,29)(H2,24,26,27,28). The van der Waals surface area contributed by atoms with Crippen molar-refractivity contribution in [2.24, 2.45) is 0 Å². The largest absolute Gasteiger partial charge is 0.350 e. The quantitative estimate of drug-likeness (QED) is 0.381. The maximum atomic E-state index is 13.7. The first kappa shape index (κ1) is 18.4. The van der Waals surface area contributed by atoms with Crippen LogP contribution in [0.3, 0.4) is 0 Å². The van der Waals surface area contributed by atoms with Gasteiger partial charge >= 0.3 is 0 Å². The summed E-state index contributed by atoms with van der Waals surface area (Å²) >= 11 is 1.54. The Kier molecular flexibility index (Phi) is 4.72. The zero-order chi connectivity index (χ0) is 20.5. The Morgan fingerprint density at radius 1 is 1.13 bits per heavy atom. The number of halogens is 2. The van der Waals surface area contributed by atoms with Gasteiger partial charge in [0.25, 0.3) is 0 Å². The molecule has 9 heteroatoms. The van der Waals surface area contributed by atoms with Crippen molar-refractivity contribution in [1.29, 1.82) is 0 Å². The molecule has 30 heavy (non-hydrogen) atoms. The van der Waals surface area contributed by atoms with Crippen LogP contribution in [-0.2, 0) is 0 Å². The molecule has 0 amide bonds. The topological polar surface area (TPSA) is 78.5 Å². The van der Waals surface area contributed by atoms with Crippen LogP contribution in [-0.4, -0.2) is 26.7 Å². The molecule has 3 aromatic heterocycles. The number of hydrogen-bond acceptors (Lipinski definition) is 6. The summed E-state index contributed by atoms with van der Waals surface area (Å²) in [6.45, 7) is 0.282. The van der Waals surface area contributed by atoms with E-state index in [4.69, 9.17) is 0 Å². The highest BCUT2D eigenvalue weighted by Crippen LogP contribution is 2.30. The minimum atomic E-state index is -0.607. The second-order valence-corrected chi connectivity index (χ2v) is 7.70. The first-order valence-electron chi connectivity index (χ1n) is 9.26. The van der Waals surface area contributed by atoms with Crippen LogP contribution in [0.1, 0.15) is 6.42 Å². The fraction of sp³-hybridized carbons (Fsp3) is 0.0952. The van der Waals surface area contributed by atoms with Crippen molar-refractivity contribution in [1.82, 2.24) is 20.2 Å². The average Bonchev–Trinajstić information content (AvgIpc) is 3.35. The number of rotatable bonds is 5. The number of fused-ring (bicyclic) bond motifs is 2. The van der Waals surface area contributed by atoms with Crippen molar-refractivity contribution in [3.8, 4) is 0 Å². The number of H-pyrrole nitrogens is 1. The van der Waals surface area contributed by atoms with Gasteiger partial charge in [-0.15, -0.1) is 11.3 Å². The van der Waals surface area contributed by atoms with Crippen molar-refractivity contribution in [3.05, 3.63) is 71.3 Å². The number of hydrogen-bond donors (Lipinski definition) is 3. The van der Waals surface area contributed by atoms with Crippen LogP contribution in [0.2, 0.25) is 0 Å². The van der Waals surface area contributed by atoms with E-state index < -0.39 is 11.7 Å². The van der Waals surface area contributed by atoms with Gasteiger partial charge in [-0.2, -0.15) is 10.1 Å². The van der Waals surface area contributed by atoms with E-state index in [2.05, 4.69) is 30.8 Å². The molecule has 0 spiro atoms. The number of nitrogens with one attached hydrogen (secondary N) is 3. The van der Waals surface area contributed by atoms with Gasteiger partial charge in [-0.25, -0.2) is 13.8 Å². The third-order valence-electron chi connectivity index (χ3n) is 4.63. The summed E-state index contributed by atoms with van der Waals surface area (Å²) in [6.07, 6.45) is 5.68. The lowest BCUT2D eigenvalue weighted by molar-refractivity contribution is 0.600.